The number of nitrogens with two attached hydrogens (primary N) is 1. The highest BCUT2D eigenvalue weighted by Gasteiger charge is 2.03. The normalized spacial score (nSPS) is 10.2. The standard InChI is InChI=1S/C16H19N3O/c1-12-4-2-5-13(10-12)6-3-7-16(20)19-14-8-9-15(17)18-11-14/h2,4-5,8-11H,3,6-7H2,1H3,(H2,17,18)(H,19,20). The van der Waals surface area contributed by atoms with Gasteiger partial charge in [0.15, 0.2) is 0 Å². The number of anilines is 2. The molecule has 1 heterocycles. The number of hydrogen-bond acceptors (Lipinski definition) is 3. The van der Waals surface area contributed by atoms with Gasteiger partial charge in [-0.05, 0) is 37.5 Å². The van der Waals surface area contributed by atoms with Crippen molar-refractivity contribution in [3.8, 4) is 0 Å². The highest BCUT2D eigenvalue weighted by molar-refractivity contribution is 5.90. The Labute approximate surface area is 119 Å². The van der Waals surface area contributed by atoms with Crippen LogP contribution in [0.1, 0.15) is 24.0 Å². The van der Waals surface area contributed by atoms with Crippen LogP contribution in [0.15, 0.2) is 42.6 Å². The molecule has 2 aromatic rings. The molecule has 0 aliphatic heterocycles. The van der Waals surface area contributed by atoms with Crippen molar-refractivity contribution in [2.45, 2.75) is 26.2 Å². The predicted octanol–water partition coefficient (Wildman–Crippen LogP) is 2.93. The molecule has 0 aliphatic carbocycles. The number of nitrogens with one attached hydrogen (secondary N) is 1. The molecule has 0 radical (unpaired) electrons. The lowest BCUT2D eigenvalue weighted by Crippen LogP contribution is -2.11. The van der Waals surface area contributed by atoms with E-state index in [1.807, 2.05) is 6.07 Å². The van der Waals surface area contributed by atoms with Crippen molar-refractivity contribution in [1.29, 1.82) is 0 Å². The second-order valence-corrected chi connectivity index (χ2v) is 4.86. The van der Waals surface area contributed by atoms with Crippen LogP contribution in [0, 0.1) is 6.92 Å². The lowest BCUT2D eigenvalue weighted by molar-refractivity contribution is -0.116. The Kier molecular flexibility index (Phi) is 4.71. The average molecular weight is 269 g/mol. The number of aromatic nitrogens is 1. The van der Waals surface area contributed by atoms with E-state index in [9.17, 15) is 4.79 Å². The number of carbonyl (C=O) groups excluding carboxylic acids is 1. The fourth-order valence-corrected chi connectivity index (χ4v) is 2.02. The highest BCUT2D eigenvalue weighted by atomic mass is 16.1. The average Bonchev–Trinajstić information content (AvgIpc) is 2.41. The number of hydrogen-bond donors (Lipinski definition) is 2. The summed E-state index contributed by atoms with van der Waals surface area (Å²) in [6.07, 6.45) is 3.80. The third kappa shape index (κ3) is 4.39. The first-order valence-electron chi connectivity index (χ1n) is 6.70. The Balaban J connectivity index is 1.76. The molecular formula is C16H19N3O. The van der Waals surface area contributed by atoms with Crippen LogP contribution >= 0.6 is 0 Å². The number of nitrogens with zero attached hydrogens (tertiary/aromatic N) is 1. The van der Waals surface area contributed by atoms with Crippen LogP contribution in [-0.2, 0) is 11.2 Å². The first-order chi connectivity index (χ1) is 9.63. The van der Waals surface area contributed by atoms with Gasteiger partial charge in [0.1, 0.15) is 5.82 Å². The number of nitrogen functional groups attached to an aromatic ring is 1. The Morgan fingerprint density at radius 1 is 1.30 bits per heavy atom. The summed E-state index contributed by atoms with van der Waals surface area (Å²) in [7, 11) is 0. The molecule has 0 spiro atoms. The van der Waals surface area contributed by atoms with E-state index in [1.54, 1.807) is 18.3 Å². The number of amides is 1. The Morgan fingerprint density at radius 3 is 2.85 bits per heavy atom. The van der Waals surface area contributed by atoms with Gasteiger partial charge < -0.3 is 11.1 Å². The van der Waals surface area contributed by atoms with Crippen molar-refractivity contribution in [3.63, 3.8) is 0 Å². The number of aryl methyl sites for hydroxylation is 2. The highest BCUT2D eigenvalue weighted by Crippen LogP contribution is 2.10. The smallest absolute Gasteiger partial charge is 0.224 e. The number of pyridine rings is 1. The van der Waals surface area contributed by atoms with Gasteiger partial charge >= 0.3 is 0 Å². The van der Waals surface area contributed by atoms with Crippen molar-refractivity contribution in [1.82, 2.24) is 4.98 Å². The Hall–Kier alpha value is -2.36. The lowest BCUT2D eigenvalue weighted by atomic mass is 10.1. The molecule has 4 heteroatoms. The summed E-state index contributed by atoms with van der Waals surface area (Å²) in [5.74, 6) is 0.451. The predicted molar refractivity (Wildman–Crippen MR) is 81.4 cm³/mol. The number of rotatable bonds is 5. The molecule has 1 amide bonds. The zero-order chi connectivity index (χ0) is 14.4. The molecule has 0 unspecified atom stereocenters. The van der Waals surface area contributed by atoms with Crippen molar-refractivity contribution < 1.29 is 4.79 Å². The molecule has 104 valence electrons. The van der Waals surface area contributed by atoms with Gasteiger partial charge in [-0.25, -0.2) is 4.98 Å². The minimum absolute atomic E-state index is 0.00391. The number of carbonyl (C=O) groups is 1. The topological polar surface area (TPSA) is 68.0 Å². The molecule has 4 nitrogen and oxygen atoms in total. The molecule has 0 fully saturated rings. The summed E-state index contributed by atoms with van der Waals surface area (Å²) in [6, 6.07) is 11.8. The monoisotopic (exact) mass is 269 g/mol. The van der Waals surface area contributed by atoms with Gasteiger partial charge in [-0.15, -0.1) is 0 Å². The van der Waals surface area contributed by atoms with Gasteiger partial charge in [0.2, 0.25) is 5.91 Å². The van der Waals surface area contributed by atoms with Crippen molar-refractivity contribution >= 4 is 17.4 Å². The van der Waals surface area contributed by atoms with Gasteiger partial charge in [-0.1, -0.05) is 29.8 Å². The number of benzene rings is 1. The summed E-state index contributed by atoms with van der Waals surface area (Å²) in [6.45, 7) is 2.07. The van der Waals surface area contributed by atoms with Gasteiger partial charge in [0.05, 0.1) is 11.9 Å². The third-order valence-electron chi connectivity index (χ3n) is 3.02. The van der Waals surface area contributed by atoms with E-state index in [1.165, 1.54) is 11.1 Å². The van der Waals surface area contributed by atoms with Crippen LogP contribution in [0.3, 0.4) is 0 Å². The van der Waals surface area contributed by atoms with Crippen LogP contribution < -0.4 is 11.1 Å². The molecule has 2 rings (SSSR count). The Bertz CT molecular complexity index is 579. The van der Waals surface area contributed by atoms with Crippen LogP contribution in [-0.4, -0.2) is 10.9 Å². The maximum atomic E-state index is 11.8. The van der Waals surface area contributed by atoms with E-state index in [-0.39, 0.29) is 5.91 Å². The zero-order valence-electron chi connectivity index (χ0n) is 11.6. The van der Waals surface area contributed by atoms with E-state index in [0.717, 1.165) is 12.8 Å². The molecule has 0 bridgehead atoms. The SMILES string of the molecule is Cc1cccc(CCCC(=O)Nc2ccc(N)nc2)c1. The molecule has 0 aliphatic rings. The summed E-state index contributed by atoms with van der Waals surface area (Å²) < 4.78 is 0. The molecule has 0 saturated heterocycles. The maximum Gasteiger partial charge on any atom is 0.224 e. The summed E-state index contributed by atoms with van der Waals surface area (Å²) in [5, 5.41) is 2.81. The quantitative estimate of drug-likeness (QED) is 0.877. The molecule has 20 heavy (non-hydrogen) atoms. The van der Waals surface area contributed by atoms with Crippen molar-refractivity contribution in [2.24, 2.45) is 0 Å². The first kappa shape index (κ1) is 14.1. The van der Waals surface area contributed by atoms with E-state index in [0.29, 0.717) is 17.9 Å². The van der Waals surface area contributed by atoms with Crippen LogP contribution in [0.2, 0.25) is 0 Å². The van der Waals surface area contributed by atoms with Crippen LogP contribution in [0.25, 0.3) is 0 Å². The van der Waals surface area contributed by atoms with Crippen LogP contribution in [0.4, 0.5) is 11.5 Å². The molecule has 1 aromatic heterocycles. The fraction of sp³-hybridized carbons (Fsp3) is 0.250. The zero-order valence-corrected chi connectivity index (χ0v) is 11.6. The van der Waals surface area contributed by atoms with E-state index >= 15 is 0 Å². The van der Waals surface area contributed by atoms with Crippen molar-refractivity contribution in [2.75, 3.05) is 11.1 Å². The maximum absolute atomic E-state index is 11.8. The molecule has 1 aromatic carbocycles. The van der Waals surface area contributed by atoms with E-state index < -0.39 is 0 Å². The third-order valence-corrected chi connectivity index (χ3v) is 3.02. The second-order valence-electron chi connectivity index (χ2n) is 4.86. The fourth-order valence-electron chi connectivity index (χ4n) is 2.02. The molecule has 0 saturated carbocycles. The Morgan fingerprint density at radius 2 is 2.15 bits per heavy atom. The van der Waals surface area contributed by atoms with Gasteiger partial charge in [0.25, 0.3) is 0 Å². The summed E-state index contributed by atoms with van der Waals surface area (Å²) in [4.78, 5) is 15.7. The van der Waals surface area contributed by atoms with Gasteiger partial charge in [0, 0.05) is 6.42 Å². The summed E-state index contributed by atoms with van der Waals surface area (Å²) >= 11 is 0. The molecule has 3 N–H and O–H groups in total. The van der Waals surface area contributed by atoms with E-state index in [2.05, 4.69) is 35.4 Å². The molecular weight excluding hydrogens is 250 g/mol. The summed E-state index contributed by atoms with van der Waals surface area (Å²) in [5.41, 5.74) is 8.69. The minimum atomic E-state index is 0.00391. The second kappa shape index (κ2) is 6.70. The van der Waals surface area contributed by atoms with Crippen molar-refractivity contribution in [3.05, 3.63) is 53.7 Å². The largest absolute Gasteiger partial charge is 0.384 e. The molecule has 0 atom stereocenters. The van der Waals surface area contributed by atoms with Crippen LogP contribution in [0.5, 0.6) is 0 Å². The lowest BCUT2D eigenvalue weighted by Gasteiger charge is -2.05. The van der Waals surface area contributed by atoms with Gasteiger partial charge in [-0.2, -0.15) is 0 Å². The first-order valence-corrected chi connectivity index (χ1v) is 6.70. The minimum Gasteiger partial charge on any atom is -0.384 e. The van der Waals surface area contributed by atoms with E-state index in [4.69, 9.17) is 5.73 Å². The van der Waals surface area contributed by atoms with Gasteiger partial charge in [-0.3, -0.25) is 4.79 Å².